The molecule has 4 rings (SSSR count). The highest BCUT2D eigenvalue weighted by molar-refractivity contribution is 7.14. The summed E-state index contributed by atoms with van der Waals surface area (Å²) in [6.07, 6.45) is 3.05. The molecule has 7 heteroatoms. The van der Waals surface area contributed by atoms with Gasteiger partial charge in [0.1, 0.15) is 5.69 Å². The molecule has 1 aromatic heterocycles. The maximum atomic E-state index is 12.8. The number of likely N-dealkylation sites (tertiary alicyclic amines) is 1. The Balaban J connectivity index is 1.27. The predicted octanol–water partition coefficient (Wildman–Crippen LogP) is 5.19. The van der Waals surface area contributed by atoms with E-state index in [0.717, 1.165) is 37.9 Å². The van der Waals surface area contributed by atoms with Crippen LogP contribution in [-0.2, 0) is 6.42 Å². The number of hydrogen-bond donors (Lipinski definition) is 2. The summed E-state index contributed by atoms with van der Waals surface area (Å²) < 4.78 is 0. The number of aromatic nitrogens is 1. The molecule has 1 saturated heterocycles. The molecule has 1 aliphatic heterocycles. The lowest BCUT2D eigenvalue weighted by atomic mass is 9.90. The molecule has 3 amide bonds. The summed E-state index contributed by atoms with van der Waals surface area (Å²) in [7, 11) is 0. The molecular weight excluding hydrogens is 408 g/mol. The molecule has 1 aliphatic rings. The van der Waals surface area contributed by atoms with E-state index in [0.29, 0.717) is 22.4 Å². The molecule has 3 aromatic rings. The zero-order chi connectivity index (χ0) is 21.6. The van der Waals surface area contributed by atoms with E-state index >= 15 is 0 Å². The fraction of sp³-hybridized carbons (Fsp3) is 0.292. The number of carbonyl (C=O) groups excluding carboxylic acids is 2. The number of piperidine rings is 1. The van der Waals surface area contributed by atoms with Crippen LogP contribution >= 0.6 is 11.3 Å². The fourth-order valence-corrected chi connectivity index (χ4v) is 4.45. The minimum atomic E-state index is -0.376. The van der Waals surface area contributed by atoms with Gasteiger partial charge < -0.3 is 10.2 Å². The van der Waals surface area contributed by atoms with Gasteiger partial charge in [-0.05, 0) is 49.8 Å². The summed E-state index contributed by atoms with van der Waals surface area (Å²) in [6.45, 7) is 3.47. The summed E-state index contributed by atoms with van der Waals surface area (Å²) in [5, 5.41) is 7.59. The van der Waals surface area contributed by atoms with Crippen molar-refractivity contribution in [2.45, 2.75) is 26.2 Å². The second-order valence-corrected chi connectivity index (χ2v) is 8.77. The van der Waals surface area contributed by atoms with Crippen LogP contribution < -0.4 is 10.6 Å². The van der Waals surface area contributed by atoms with Gasteiger partial charge in [-0.15, -0.1) is 11.3 Å². The monoisotopic (exact) mass is 434 g/mol. The van der Waals surface area contributed by atoms with Crippen LogP contribution in [0.15, 0.2) is 60.0 Å². The zero-order valence-electron chi connectivity index (χ0n) is 17.5. The van der Waals surface area contributed by atoms with Crippen LogP contribution in [-0.4, -0.2) is 34.9 Å². The van der Waals surface area contributed by atoms with E-state index < -0.39 is 0 Å². The van der Waals surface area contributed by atoms with Gasteiger partial charge in [-0.25, -0.2) is 9.78 Å². The summed E-state index contributed by atoms with van der Waals surface area (Å²) in [4.78, 5) is 31.2. The number of urea groups is 1. The molecule has 0 atom stereocenters. The minimum Gasteiger partial charge on any atom is -0.337 e. The molecule has 0 bridgehead atoms. The normalized spacial score (nSPS) is 14.3. The van der Waals surface area contributed by atoms with Crippen molar-refractivity contribution in [3.05, 3.63) is 76.8 Å². The molecule has 0 radical (unpaired) electrons. The Morgan fingerprint density at radius 3 is 2.45 bits per heavy atom. The summed E-state index contributed by atoms with van der Waals surface area (Å²) >= 11 is 1.25. The van der Waals surface area contributed by atoms with E-state index in [1.54, 1.807) is 5.38 Å². The number of amides is 3. The Morgan fingerprint density at radius 1 is 1.03 bits per heavy atom. The third-order valence-electron chi connectivity index (χ3n) is 5.52. The Hall–Kier alpha value is -3.19. The maximum Gasteiger partial charge on any atom is 0.325 e. The lowest BCUT2D eigenvalue weighted by Gasteiger charge is -2.31. The largest absolute Gasteiger partial charge is 0.337 e. The molecule has 2 heterocycles. The number of anilines is 2. The van der Waals surface area contributed by atoms with E-state index in [9.17, 15) is 9.59 Å². The Bertz CT molecular complexity index is 1030. The lowest BCUT2D eigenvalue weighted by Crippen LogP contribution is -2.39. The summed E-state index contributed by atoms with van der Waals surface area (Å²) in [5.41, 5.74) is 3.57. The second kappa shape index (κ2) is 9.75. The van der Waals surface area contributed by atoms with Crippen LogP contribution in [0.2, 0.25) is 0 Å². The van der Waals surface area contributed by atoms with E-state index in [-0.39, 0.29) is 11.9 Å². The molecule has 160 valence electrons. The van der Waals surface area contributed by atoms with Crippen molar-refractivity contribution in [2.75, 3.05) is 23.7 Å². The minimum absolute atomic E-state index is 0.0681. The number of aryl methyl sites for hydroxylation is 1. The van der Waals surface area contributed by atoms with Gasteiger partial charge in [0, 0.05) is 24.2 Å². The number of hydrogen-bond acceptors (Lipinski definition) is 4. The van der Waals surface area contributed by atoms with Crippen molar-refractivity contribution in [2.24, 2.45) is 5.92 Å². The number of rotatable bonds is 5. The summed E-state index contributed by atoms with van der Waals surface area (Å²) in [5.74, 6) is 0.533. The Morgan fingerprint density at radius 2 is 1.74 bits per heavy atom. The van der Waals surface area contributed by atoms with Crippen LogP contribution in [0.5, 0.6) is 0 Å². The molecule has 2 N–H and O–H groups in total. The standard InChI is InChI=1S/C24H26N4O2S/c1-17-7-9-20(10-8-17)25-23(30)27-24-26-21(16-31-24)22(29)28-13-11-19(12-14-28)15-18-5-3-2-4-6-18/h2-10,16,19H,11-15H2,1H3,(H2,25,26,27,30). The smallest absolute Gasteiger partial charge is 0.325 e. The van der Waals surface area contributed by atoms with Crippen molar-refractivity contribution < 1.29 is 9.59 Å². The molecule has 0 unspecified atom stereocenters. The Labute approximate surface area is 186 Å². The lowest BCUT2D eigenvalue weighted by molar-refractivity contribution is 0.0685. The maximum absolute atomic E-state index is 12.8. The quantitative estimate of drug-likeness (QED) is 0.580. The first-order chi connectivity index (χ1) is 15.1. The van der Waals surface area contributed by atoms with Crippen molar-refractivity contribution in [1.29, 1.82) is 0 Å². The fourth-order valence-electron chi connectivity index (χ4n) is 3.78. The molecular formula is C24H26N4O2S. The predicted molar refractivity (Wildman–Crippen MR) is 125 cm³/mol. The number of thiazole rings is 1. The molecule has 0 saturated carbocycles. The van der Waals surface area contributed by atoms with Crippen molar-refractivity contribution in [3.8, 4) is 0 Å². The first kappa shape index (κ1) is 21.1. The number of nitrogens with one attached hydrogen (secondary N) is 2. The number of carbonyl (C=O) groups is 2. The van der Waals surface area contributed by atoms with E-state index in [4.69, 9.17) is 0 Å². The summed E-state index contributed by atoms with van der Waals surface area (Å²) in [6, 6.07) is 17.7. The van der Waals surface area contributed by atoms with Gasteiger partial charge in [-0.3, -0.25) is 10.1 Å². The van der Waals surface area contributed by atoms with Crippen LogP contribution in [0.25, 0.3) is 0 Å². The van der Waals surface area contributed by atoms with E-state index in [1.165, 1.54) is 16.9 Å². The van der Waals surface area contributed by atoms with Gasteiger partial charge in [0.25, 0.3) is 5.91 Å². The number of benzene rings is 2. The SMILES string of the molecule is Cc1ccc(NC(=O)Nc2nc(C(=O)N3CCC(Cc4ccccc4)CC3)cs2)cc1. The van der Waals surface area contributed by atoms with E-state index in [2.05, 4.69) is 39.9 Å². The third kappa shape index (κ3) is 5.70. The van der Waals surface area contributed by atoms with Gasteiger partial charge in [-0.1, -0.05) is 48.0 Å². The second-order valence-electron chi connectivity index (χ2n) is 7.91. The van der Waals surface area contributed by atoms with E-state index in [1.807, 2.05) is 42.2 Å². The van der Waals surface area contributed by atoms with Gasteiger partial charge in [-0.2, -0.15) is 0 Å². The van der Waals surface area contributed by atoms with Crippen molar-refractivity contribution in [3.63, 3.8) is 0 Å². The first-order valence-corrected chi connectivity index (χ1v) is 11.4. The van der Waals surface area contributed by atoms with Crippen LogP contribution in [0.1, 0.15) is 34.5 Å². The average Bonchev–Trinajstić information content (AvgIpc) is 3.24. The third-order valence-corrected chi connectivity index (χ3v) is 6.28. The first-order valence-electron chi connectivity index (χ1n) is 10.5. The number of nitrogens with zero attached hydrogens (tertiary/aromatic N) is 2. The van der Waals surface area contributed by atoms with Crippen LogP contribution in [0, 0.1) is 12.8 Å². The average molecular weight is 435 g/mol. The molecule has 6 nitrogen and oxygen atoms in total. The highest BCUT2D eigenvalue weighted by Gasteiger charge is 2.25. The van der Waals surface area contributed by atoms with Crippen molar-refractivity contribution in [1.82, 2.24) is 9.88 Å². The zero-order valence-corrected chi connectivity index (χ0v) is 18.3. The van der Waals surface area contributed by atoms with Gasteiger partial charge in [0.15, 0.2) is 5.13 Å². The van der Waals surface area contributed by atoms with Gasteiger partial charge >= 0.3 is 6.03 Å². The molecule has 0 spiro atoms. The van der Waals surface area contributed by atoms with Crippen molar-refractivity contribution >= 4 is 34.1 Å². The molecule has 2 aromatic carbocycles. The Kier molecular flexibility index (Phi) is 6.62. The molecule has 31 heavy (non-hydrogen) atoms. The highest BCUT2D eigenvalue weighted by atomic mass is 32.1. The molecule has 0 aliphatic carbocycles. The topological polar surface area (TPSA) is 74.3 Å². The van der Waals surface area contributed by atoms with Crippen LogP contribution in [0.3, 0.4) is 0 Å². The molecule has 1 fully saturated rings. The van der Waals surface area contributed by atoms with Crippen LogP contribution in [0.4, 0.5) is 15.6 Å². The van der Waals surface area contributed by atoms with Gasteiger partial charge in [0.2, 0.25) is 0 Å². The van der Waals surface area contributed by atoms with Gasteiger partial charge in [0.05, 0.1) is 0 Å². The highest BCUT2D eigenvalue weighted by Crippen LogP contribution is 2.24.